The summed E-state index contributed by atoms with van der Waals surface area (Å²) in [5.41, 5.74) is -0.531. The molecule has 17 heavy (non-hydrogen) atoms. The van der Waals surface area contributed by atoms with Crippen molar-refractivity contribution in [3.8, 4) is 0 Å². The highest BCUT2D eigenvalue weighted by Gasteiger charge is 2.34. The van der Waals surface area contributed by atoms with Crippen molar-refractivity contribution >= 4 is 11.9 Å². The summed E-state index contributed by atoms with van der Waals surface area (Å²) in [7, 11) is 0. The SMILES string of the molecule is C=CCC1C(=O)CCCN1C(=O)OC(C)(C)C. The molecule has 1 unspecified atom stereocenters. The van der Waals surface area contributed by atoms with Crippen molar-refractivity contribution in [1.82, 2.24) is 4.90 Å². The Bertz CT molecular complexity index is 317. The molecule has 1 fully saturated rings. The summed E-state index contributed by atoms with van der Waals surface area (Å²) in [6.07, 6.45) is 3.02. The van der Waals surface area contributed by atoms with Crippen LogP contribution < -0.4 is 0 Å². The smallest absolute Gasteiger partial charge is 0.410 e. The lowest BCUT2D eigenvalue weighted by atomic mass is 9.98. The lowest BCUT2D eigenvalue weighted by Gasteiger charge is -2.35. The molecule has 1 atom stereocenters. The van der Waals surface area contributed by atoms with E-state index in [-0.39, 0.29) is 5.78 Å². The number of ether oxygens (including phenoxy) is 1. The number of ketones is 1. The molecule has 0 spiro atoms. The fourth-order valence-corrected chi connectivity index (χ4v) is 1.88. The topological polar surface area (TPSA) is 46.6 Å². The first-order chi connectivity index (χ1) is 7.85. The Balaban J connectivity index is 2.74. The number of amides is 1. The Morgan fingerprint density at radius 3 is 2.76 bits per heavy atom. The Labute approximate surface area is 103 Å². The van der Waals surface area contributed by atoms with E-state index in [2.05, 4.69) is 6.58 Å². The zero-order chi connectivity index (χ0) is 13.1. The molecule has 0 aromatic heterocycles. The first-order valence-electron chi connectivity index (χ1n) is 5.98. The van der Waals surface area contributed by atoms with E-state index in [0.717, 1.165) is 0 Å². The van der Waals surface area contributed by atoms with Gasteiger partial charge in [0.2, 0.25) is 0 Å². The maximum absolute atomic E-state index is 12.0. The number of rotatable bonds is 2. The van der Waals surface area contributed by atoms with Gasteiger partial charge in [-0.05, 0) is 33.6 Å². The number of Topliss-reactive ketones (excluding diaryl/α,β-unsaturated/α-hetero) is 1. The minimum atomic E-state index is -0.531. The molecule has 4 heteroatoms. The number of piperidine rings is 1. The van der Waals surface area contributed by atoms with Crippen LogP contribution in [0, 0.1) is 0 Å². The minimum absolute atomic E-state index is 0.0991. The molecule has 1 saturated heterocycles. The van der Waals surface area contributed by atoms with E-state index in [1.54, 1.807) is 6.08 Å². The van der Waals surface area contributed by atoms with E-state index >= 15 is 0 Å². The van der Waals surface area contributed by atoms with Crippen LogP contribution in [0.3, 0.4) is 0 Å². The zero-order valence-corrected chi connectivity index (χ0v) is 10.9. The van der Waals surface area contributed by atoms with Crippen molar-refractivity contribution in [2.75, 3.05) is 6.54 Å². The summed E-state index contributed by atoms with van der Waals surface area (Å²) in [6.45, 7) is 9.66. The van der Waals surface area contributed by atoms with E-state index in [1.165, 1.54) is 4.90 Å². The number of hydrogen-bond acceptors (Lipinski definition) is 3. The standard InChI is InChI=1S/C13H21NO3/c1-5-7-10-11(15)8-6-9-14(10)12(16)17-13(2,3)4/h5,10H,1,6-9H2,2-4H3. The molecule has 0 bridgehead atoms. The normalized spacial score (nSPS) is 21.2. The second-order valence-corrected chi connectivity index (χ2v) is 5.28. The average Bonchev–Trinajstić information content (AvgIpc) is 2.18. The number of likely N-dealkylation sites (tertiary alicyclic amines) is 1. The highest BCUT2D eigenvalue weighted by molar-refractivity contribution is 5.88. The molecule has 4 nitrogen and oxygen atoms in total. The van der Waals surface area contributed by atoms with Gasteiger partial charge in [-0.15, -0.1) is 6.58 Å². The van der Waals surface area contributed by atoms with Crippen LogP contribution in [0.25, 0.3) is 0 Å². The van der Waals surface area contributed by atoms with Gasteiger partial charge >= 0.3 is 6.09 Å². The predicted octanol–water partition coefficient (Wildman–Crippen LogP) is 2.53. The van der Waals surface area contributed by atoms with E-state index in [9.17, 15) is 9.59 Å². The molecule has 1 amide bonds. The van der Waals surface area contributed by atoms with Crippen molar-refractivity contribution in [3.63, 3.8) is 0 Å². The Kier molecular flexibility index (Phi) is 4.32. The van der Waals surface area contributed by atoms with E-state index in [0.29, 0.717) is 25.8 Å². The maximum Gasteiger partial charge on any atom is 0.410 e. The van der Waals surface area contributed by atoms with Gasteiger partial charge in [-0.2, -0.15) is 0 Å². The highest BCUT2D eigenvalue weighted by Crippen LogP contribution is 2.20. The van der Waals surface area contributed by atoms with Crippen LogP contribution in [0.4, 0.5) is 4.79 Å². The van der Waals surface area contributed by atoms with E-state index < -0.39 is 17.7 Å². The van der Waals surface area contributed by atoms with Crippen molar-refractivity contribution in [2.45, 2.75) is 51.7 Å². The van der Waals surface area contributed by atoms with Crippen molar-refractivity contribution < 1.29 is 14.3 Å². The van der Waals surface area contributed by atoms with Gasteiger partial charge < -0.3 is 4.74 Å². The van der Waals surface area contributed by atoms with Crippen LogP contribution in [-0.2, 0) is 9.53 Å². The fourth-order valence-electron chi connectivity index (χ4n) is 1.88. The largest absolute Gasteiger partial charge is 0.444 e. The van der Waals surface area contributed by atoms with Crippen LogP contribution >= 0.6 is 0 Å². The molecule has 0 radical (unpaired) electrons. The fraction of sp³-hybridized carbons (Fsp3) is 0.692. The van der Waals surface area contributed by atoms with Gasteiger partial charge in [0.25, 0.3) is 0 Å². The number of carbonyl (C=O) groups excluding carboxylic acids is 2. The summed E-state index contributed by atoms with van der Waals surface area (Å²) >= 11 is 0. The third-order valence-corrected chi connectivity index (χ3v) is 2.59. The van der Waals surface area contributed by atoms with Gasteiger partial charge in [-0.25, -0.2) is 4.79 Å². The molecule has 0 aromatic rings. The van der Waals surface area contributed by atoms with Crippen LogP contribution in [0.5, 0.6) is 0 Å². The molecule has 1 aliphatic heterocycles. The molecule has 1 heterocycles. The summed E-state index contributed by atoms with van der Waals surface area (Å²) in [5, 5.41) is 0. The summed E-state index contributed by atoms with van der Waals surface area (Å²) in [5.74, 6) is 0.0991. The first kappa shape index (κ1) is 13.7. The van der Waals surface area contributed by atoms with Crippen LogP contribution in [0.15, 0.2) is 12.7 Å². The molecule has 1 aliphatic rings. The molecule has 0 saturated carbocycles. The molecule has 0 aliphatic carbocycles. The predicted molar refractivity (Wildman–Crippen MR) is 65.8 cm³/mol. The van der Waals surface area contributed by atoms with E-state index in [4.69, 9.17) is 4.74 Å². The minimum Gasteiger partial charge on any atom is -0.444 e. The second-order valence-electron chi connectivity index (χ2n) is 5.28. The number of nitrogens with zero attached hydrogens (tertiary/aromatic N) is 1. The second kappa shape index (κ2) is 5.34. The van der Waals surface area contributed by atoms with Gasteiger partial charge in [0.15, 0.2) is 5.78 Å². The first-order valence-corrected chi connectivity index (χ1v) is 5.98. The van der Waals surface area contributed by atoms with Crippen molar-refractivity contribution in [2.24, 2.45) is 0 Å². The van der Waals surface area contributed by atoms with Gasteiger partial charge in [-0.3, -0.25) is 9.69 Å². The summed E-state index contributed by atoms with van der Waals surface area (Å²) < 4.78 is 5.30. The third kappa shape index (κ3) is 3.88. The maximum atomic E-state index is 12.0. The van der Waals surface area contributed by atoms with Crippen LogP contribution in [-0.4, -0.2) is 35.0 Å². The molecule has 96 valence electrons. The Morgan fingerprint density at radius 2 is 2.24 bits per heavy atom. The van der Waals surface area contributed by atoms with Crippen molar-refractivity contribution in [3.05, 3.63) is 12.7 Å². The summed E-state index contributed by atoms with van der Waals surface area (Å²) in [4.78, 5) is 25.3. The van der Waals surface area contributed by atoms with Crippen LogP contribution in [0.1, 0.15) is 40.0 Å². The van der Waals surface area contributed by atoms with Gasteiger partial charge in [0, 0.05) is 13.0 Å². The molecular weight excluding hydrogens is 218 g/mol. The molecular formula is C13H21NO3. The third-order valence-electron chi connectivity index (χ3n) is 2.59. The zero-order valence-electron chi connectivity index (χ0n) is 10.9. The van der Waals surface area contributed by atoms with Gasteiger partial charge in [0.05, 0.1) is 6.04 Å². The monoisotopic (exact) mass is 239 g/mol. The van der Waals surface area contributed by atoms with Crippen LogP contribution in [0.2, 0.25) is 0 Å². The van der Waals surface area contributed by atoms with E-state index in [1.807, 2.05) is 20.8 Å². The van der Waals surface area contributed by atoms with Gasteiger partial charge in [-0.1, -0.05) is 6.08 Å². The Hall–Kier alpha value is -1.32. The average molecular weight is 239 g/mol. The molecule has 1 rings (SSSR count). The lowest BCUT2D eigenvalue weighted by molar-refractivity contribution is -0.126. The molecule has 0 N–H and O–H groups in total. The highest BCUT2D eigenvalue weighted by atomic mass is 16.6. The van der Waals surface area contributed by atoms with Gasteiger partial charge in [0.1, 0.15) is 5.60 Å². The van der Waals surface area contributed by atoms with Crippen molar-refractivity contribution in [1.29, 1.82) is 0 Å². The summed E-state index contributed by atoms with van der Waals surface area (Å²) in [6, 6.07) is -0.393. The number of carbonyl (C=O) groups is 2. The Morgan fingerprint density at radius 1 is 1.59 bits per heavy atom. The number of hydrogen-bond donors (Lipinski definition) is 0. The quantitative estimate of drug-likeness (QED) is 0.696. The molecule has 0 aromatic carbocycles. The lowest BCUT2D eigenvalue weighted by Crippen LogP contribution is -2.50.